The van der Waals surface area contributed by atoms with Crippen molar-refractivity contribution in [2.24, 2.45) is 17.8 Å². The molecule has 2 fully saturated rings. The number of nitrogens with zero attached hydrogens (tertiary/aromatic N) is 4. The van der Waals surface area contributed by atoms with Crippen LogP contribution in [0, 0.1) is 37.5 Å². The summed E-state index contributed by atoms with van der Waals surface area (Å²) in [5.41, 5.74) is 1.81. The highest BCUT2D eigenvalue weighted by atomic mass is 19.1. The van der Waals surface area contributed by atoms with Crippen LogP contribution in [0.4, 0.5) is 10.2 Å². The third kappa shape index (κ3) is 6.36. The van der Waals surface area contributed by atoms with Crippen LogP contribution in [0.2, 0.25) is 0 Å². The van der Waals surface area contributed by atoms with Crippen LogP contribution in [0.3, 0.4) is 0 Å². The maximum absolute atomic E-state index is 15.2. The standard InChI is InChI=1S/C31H41FN6O3/c1-4-38-24(17-18-33-38)30(39)36-28(27(21-11-7-5-8-12-21)22-13-9-6-10-14-22)31(40)35-25-16-15-23(29(32)34-25)26-19(2)37-41-20(26)3/h15-18,21-22,27-28H,4-14H2,1-3H3,(H,36,39)(H,34,35,40)/t28-/m0/s1. The molecule has 0 spiro atoms. The number of hydrogen-bond acceptors (Lipinski definition) is 6. The molecule has 10 heteroatoms. The molecule has 0 aliphatic heterocycles. The van der Waals surface area contributed by atoms with Crippen molar-refractivity contribution in [3.8, 4) is 11.1 Å². The van der Waals surface area contributed by atoms with Crippen molar-refractivity contribution in [1.29, 1.82) is 0 Å². The summed E-state index contributed by atoms with van der Waals surface area (Å²) in [6.45, 7) is 5.93. The van der Waals surface area contributed by atoms with Crippen LogP contribution in [0.1, 0.15) is 93.1 Å². The van der Waals surface area contributed by atoms with E-state index in [1.807, 2.05) is 6.92 Å². The highest BCUT2D eigenvalue weighted by Crippen LogP contribution is 2.42. The molecule has 3 heterocycles. The number of carbonyl (C=O) groups excluding carboxylic acids is 2. The average molecular weight is 565 g/mol. The number of carbonyl (C=O) groups is 2. The van der Waals surface area contributed by atoms with E-state index in [2.05, 4.69) is 25.9 Å². The van der Waals surface area contributed by atoms with Gasteiger partial charge < -0.3 is 15.2 Å². The van der Waals surface area contributed by atoms with Crippen molar-refractivity contribution < 1.29 is 18.5 Å². The van der Waals surface area contributed by atoms with Crippen LogP contribution in [-0.2, 0) is 11.3 Å². The minimum Gasteiger partial charge on any atom is -0.361 e. The zero-order valence-electron chi connectivity index (χ0n) is 24.3. The van der Waals surface area contributed by atoms with Gasteiger partial charge in [-0.25, -0.2) is 4.98 Å². The second-order valence-electron chi connectivity index (χ2n) is 11.6. The van der Waals surface area contributed by atoms with Gasteiger partial charge in [-0.2, -0.15) is 9.49 Å². The molecule has 0 unspecified atom stereocenters. The van der Waals surface area contributed by atoms with Gasteiger partial charge in [0.05, 0.1) is 11.3 Å². The summed E-state index contributed by atoms with van der Waals surface area (Å²) in [6, 6.07) is 4.07. The molecular weight excluding hydrogens is 523 g/mol. The van der Waals surface area contributed by atoms with E-state index in [0.29, 0.717) is 41.1 Å². The molecule has 2 aliphatic carbocycles. The number of aryl methyl sites for hydroxylation is 3. The van der Waals surface area contributed by atoms with Crippen LogP contribution in [0.15, 0.2) is 28.9 Å². The smallest absolute Gasteiger partial charge is 0.270 e. The Balaban J connectivity index is 1.46. The Morgan fingerprint density at radius 3 is 2.24 bits per heavy atom. The number of pyridine rings is 1. The Bertz CT molecular complexity index is 1320. The lowest BCUT2D eigenvalue weighted by atomic mass is 9.66. The molecule has 1 atom stereocenters. The van der Waals surface area contributed by atoms with Gasteiger partial charge in [0.25, 0.3) is 5.91 Å². The topological polar surface area (TPSA) is 115 Å². The van der Waals surface area contributed by atoms with Crippen LogP contribution >= 0.6 is 0 Å². The first kappa shape index (κ1) is 29.0. The Kier molecular flexibility index (Phi) is 9.15. The van der Waals surface area contributed by atoms with Gasteiger partial charge in [0.2, 0.25) is 11.9 Å². The largest absolute Gasteiger partial charge is 0.361 e. The fourth-order valence-electron chi connectivity index (χ4n) is 7.06. The fraction of sp³-hybridized carbons (Fsp3) is 0.581. The minimum atomic E-state index is -0.777. The van der Waals surface area contributed by atoms with Gasteiger partial charge in [-0.3, -0.25) is 14.3 Å². The number of amides is 2. The summed E-state index contributed by atoms with van der Waals surface area (Å²) in [4.78, 5) is 31.8. The van der Waals surface area contributed by atoms with Crippen molar-refractivity contribution in [1.82, 2.24) is 25.2 Å². The maximum Gasteiger partial charge on any atom is 0.270 e. The van der Waals surface area contributed by atoms with E-state index in [1.54, 1.807) is 42.9 Å². The zero-order chi connectivity index (χ0) is 28.9. The maximum atomic E-state index is 15.2. The molecule has 9 nitrogen and oxygen atoms in total. The van der Waals surface area contributed by atoms with Crippen molar-refractivity contribution in [2.75, 3.05) is 5.32 Å². The van der Waals surface area contributed by atoms with E-state index in [4.69, 9.17) is 4.52 Å². The summed E-state index contributed by atoms with van der Waals surface area (Å²) in [5, 5.41) is 14.1. The summed E-state index contributed by atoms with van der Waals surface area (Å²) in [7, 11) is 0. The number of nitrogens with one attached hydrogen (secondary N) is 2. The lowest BCUT2D eigenvalue weighted by molar-refractivity contribution is -0.121. The summed E-state index contributed by atoms with van der Waals surface area (Å²) < 4.78 is 22.1. The lowest BCUT2D eigenvalue weighted by Crippen LogP contribution is -2.53. The molecule has 0 saturated heterocycles. The summed E-state index contributed by atoms with van der Waals surface area (Å²) in [6.07, 6.45) is 12.7. The Labute approximate surface area is 240 Å². The molecule has 0 radical (unpaired) electrons. The fourth-order valence-corrected chi connectivity index (χ4v) is 7.06. The monoisotopic (exact) mass is 564 g/mol. The van der Waals surface area contributed by atoms with Crippen molar-refractivity contribution in [3.63, 3.8) is 0 Å². The molecule has 2 aliphatic rings. The van der Waals surface area contributed by atoms with Gasteiger partial charge in [-0.05, 0) is 56.7 Å². The first-order valence-corrected chi connectivity index (χ1v) is 15.1. The van der Waals surface area contributed by atoms with Gasteiger partial charge in [0.1, 0.15) is 23.3 Å². The molecule has 2 amide bonds. The average Bonchev–Trinajstić information content (AvgIpc) is 3.60. The third-order valence-electron chi connectivity index (χ3n) is 8.99. The molecule has 0 aromatic carbocycles. The van der Waals surface area contributed by atoms with Crippen molar-refractivity contribution in [3.05, 3.63) is 47.5 Å². The quantitative estimate of drug-likeness (QED) is 0.298. The highest BCUT2D eigenvalue weighted by molar-refractivity contribution is 6.00. The van der Waals surface area contributed by atoms with Crippen LogP contribution in [-0.4, -0.2) is 37.8 Å². The van der Waals surface area contributed by atoms with Crippen LogP contribution in [0.25, 0.3) is 11.1 Å². The number of halogens is 1. The van der Waals surface area contributed by atoms with E-state index in [-0.39, 0.29) is 29.1 Å². The van der Waals surface area contributed by atoms with E-state index in [1.165, 1.54) is 12.8 Å². The molecule has 5 rings (SSSR count). The van der Waals surface area contributed by atoms with Gasteiger partial charge in [0.15, 0.2) is 0 Å². The number of rotatable bonds is 9. The second-order valence-corrected chi connectivity index (χ2v) is 11.6. The molecule has 2 saturated carbocycles. The third-order valence-corrected chi connectivity index (χ3v) is 8.99. The number of aromatic nitrogens is 4. The van der Waals surface area contributed by atoms with Gasteiger partial charge in [-0.1, -0.05) is 69.4 Å². The predicted octanol–water partition coefficient (Wildman–Crippen LogP) is 6.22. The summed E-state index contributed by atoms with van der Waals surface area (Å²) >= 11 is 0. The number of hydrogen-bond donors (Lipinski definition) is 2. The first-order valence-electron chi connectivity index (χ1n) is 15.1. The highest BCUT2D eigenvalue weighted by Gasteiger charge is 2.41. The van der Waals surface area contributed by atoms with Gasteiger partial charge >= 0.3 is 0 Å². The first-order chi connectivity index (χ1) is 19.9. The van der Waals surface area contributed by atoms with E-state index in [9.17, 15) is 9.59 Å². The zero-order valence-corrected chi connectivity index (χ0v) is 24.3. The van der Waals surface area contributed by atoms with Crippen LogP contribution in [0.5, 0.6) is 0 Å². The molecular formula is C31H41FN6O3. The lowest BCUT2D eigenvalue weighted by Gasteiger charge is -2.41. The van der Waals surface area contributed by atoms with Crippen molar-refractivity contribution in [2.45, 2.75) is 97.6 Å². The van der Waals surface area contributed by atoms with Gasteiger partial charge in [-0.15, -0.1) is 0 Å². The SMILES string of the molecule is CCn1nccc1C(=O)N[C@H](C(=O)Nc1ccc(-c2c(C)noc2C)c(F)n1)C(C1CCCCC1)C1CCCCC1. The van der Waals surface area contributed by atoms with E-state index in [0.717, 1.165) is 51.4 Å². The van der Waals surface area contributed by atoms with Crippen LogP contribution < -0.4 is 10.6 Å². The Hall–Kier alpha value is -3.56. The number of anilines is 1. The predicted molar refractivity (Wildman–Crippen MR) is 154 cm³/mol. The van der Waals surface area contributed by atoms with E-state index < -0.39 is 12.0 Å². The minimum absolute atomic E-state index is 0.0102. The molecule has 41 heavy (non-hydrogen) atoms. The second kappa shape index (κ2) is 13.0. The molecule has 2 N–H and O–H groups in total. The molecule has 3 aromatic rings. The molecule has 0 bridgehead atoms. The van der Waals surface area contributed by atoms with E-state index >= 15 is 4.39 Å². The van der Waals surface area contributed by atoms with Crippen molar-refractivity contribution >= 4 is 17.6 Å². The van der Waals surface area contributed by atoms with Gasteiger partial charge in [0, 0.05) is 18.3 Å². The summed E-state index contributed by atoms with van der Waals surface area (Å²) in [5.74, 6) is -0.141. The molecule has 3 aromatic heterocycles. The Morgan fingerprint density at radius 1 is 1.02 bits per heavy atom. The molecule has 220 valence electrons. The Morgan fingerprint density at radius 2 is 1.68 bits per heavy atom. The normalized spacial score (nSPS) is 17.5.